The molecule has 0 saturated carbocycles. The van der Waals surface area contributed by atoms with Crippen LogP contribution in [0.4, 0.5) is 0 Å². The van der Waals surface area contributed by atoms with E-state index in [1.807, 2.05) is 59.5 Å². The Hall–Kier alpha value is -2.66. The Bertz CT molecular complexity index is 852. The Morgan fingerprint density at radius 2 is 1.85 bits per heavy atom. The molecule has 2 amide bonds. The predicted octanol–water partition coefficient (Wildman–Crippen LogP) is 1.90. The van der Waals surface area contributed by atoms with E-state index in [-0.39, 0.29) is 17.4 Å². The molecule has 0 aliphatic carbocycles. The Morgan fingerprint density at radius 3 is 2.67 bits per heavy atom. The van der Waals surface area contributed by atoms with Crippen molar-refractivity contribution in [1.29, 1.82) is 0 Å². The summed E-state index contributed by atoms with van der Waals surface area (Å²) < 4.78 is 0. The van der Waals surface area contributed by atoms with Crippen molar-refractivity contribution in [3.63, 3.8) is 0 Å². The van der Waals surface area contributed by atoms with Gasteiger partial charge >= 0.3 is 0 Å². The summed E-state index contributed by atoms with van der Waals surface area (Å²) >= 11 is 0. The van der Waals surface area contributed by atoms with E-state index in [1.165, 1.54) is 0 Å². The summed E-state index contributed by atoms with van der Waals surface area (Å²) in [5.74, 6) is -0.0716. The minimum Gasteiger partial charge on any atom is -0.345 e. The number of likely N-dealkylation sites (tertiary alicyclic amines) is 1. The second kappa shape index (κ2) is 7.16. The number of amides is 2. The summed E-state index contributed by atoms with van der Waals surface area (Å²) in [5, 5.41) is 3.21. The summed E-state index contributed by atoms with van der Waals surface area (Å²) in [5.41, 5.74) is 8.74. The van der Waals surface area contributed by atoms with Crippen molar-refractivity contribution in [1.82, 2.24) is 10.2 Å². The van der Waals surface area contributed by atoms with Gasteiger partial charge in [-0.1, -0.05) is 48.5 Å². The summed E-state index contributed by atoms with van der Waals surface area (Å²) in [4.78, 5) is 27.4. The van der Waals surface area contributed by atoms with Gasteiger partial charge in [-0.05, 0) is 42.9 Å². The number of nitrogens with zero attached hydrogens (tertiary/aromatic N) is 1. The number of benzene rings is 2. The first-order valence-electron chi connectivity index (χ1n) is 9.55. The molecular weight excluding hydrogens is 338 g/mol. The van der Waals surface area contributed by atoms with Crippen molar-refractivity contribution in [3.05, 3.63) is 71.3 Å². The fourth-order valence-electron chi connectivity index (χ4n) is 4.26. The van der Waals surface area contributed by atoms with E-state index in [0.29, 0.717) is 19.5 Å². The van der Waals surface area contributed by atoms with Gasteiger partial charge in [0.2, 0.25) is 5.91 Å². The third-order valence-corrected chi connectivity index (χ3v) is 5.79. The smallest absolute Gasteiger partial charge is 0.252 e. The van der Waals surface area contributed by atoms with E-state index in [2.05, 4.69) is 5.32 Å². The largest absolute Gasteiger partial charge is 0.345 e. The average molecular weight is 363 g/mol. The normalized spacial score (nSPS) is 22.9. The van der Waals surface area contributed by atoms with Crippen molar-refractivity contribution in [3.8, 4) is 0 Å². The molecule has 0 unspecified atom stereocenters. The summed E-state index contributed by atoms with van der Waals surface area (Å²) in [6.07, 6.45) is 2.98. The van der Waals surface area contributed by atoms with Crippen molar-refractivity contribution in [2.45, 2.75) is 37.3 Å². The first-order chi connectivity index (χ1) is 13.1. The van der Waals surface area contributed by atoms with Crippen LogP contribution < -0.4 is 11.1 Å². The molecule has 2 aliphatic rings. The molecule has 2 aromatic carbocycles. The highest BCUT2D eigenvalue weighted by Crippen LogP contribution is 2.31. The van der Waals surface area contributed by atoms with Gasteiger partial charge in [0.15, 0.2) is 0 Å². The maximum atomic E-state index is 12.8. The highest BCUT2D eigenvalue weighted by Gasteiger charge is 2.43. The zero-order chi connectivity index (χ0) is 18.9. The molecule has 2 aromatic rings. The highest BCUT2D eigenvalue weighted by molar-refractivity contribution is 5.96. The van der Waals surface area contributed by atoms with Crippen molar-refractivity contribution in [2.24, 2.45) is 5.73 Å². The van der Waals surface area contributed by atoms with E-state index >= 15 is 0 Å². The molecule has 5 heteroatoms. The minimum atomic E-state index is -0.554. The Balaban J connectivity index is 1.44. The van der Waals surface area contributed by atoms with Crippen LogP contribution >= 0.6 is 0 Å². The number of rotatable bonds is 3. The zero-order valence-electron chi connectivity index (χ0n) is 15.4. The van der Waals surface area contributed by atoms with Crippen LogP contribution in [0.15, 0.2) is 54.6 Å². The second-order valence-electron chi connectivity index (χ2n) is 7.70. The molecule has 4 rings (SSSR count). The van der Waals surface area contributed by atoms with Crippen LogP contribution in [-0.4, -0.2) is 41.4 Å². The van der Waals surface area contributed by atoms with Crippen molar-refractivity contribution >= 4 is 11.8 Å². The van der Waals surface area contributed by atoms with Gasteiger partial charge in [0.05, 0.1) is 11.6 Å². The van der Waals surface area contributed by atoms with Crippen LogP contribution in [0.5, 0.6) is 0 Å². The molecule has 2 heterocycles. The number of nitrogens with one attached hydrogen (secondary N) is 1. The lowest BCUT2D eigenvalue weighted by atomic mass is 9.91. The maximum absolute atomic E-state index is 12.8. The number of carbonyl (C=O) groups is 2. The maximum Gasteiger partial charge on any atom is 0.252 e. The van der Waals surface area contributed by atoms with Gasteiger partial charge < -0.3 is 16.0 Å². The number of aryl methyl sites for hydroxylation is 1. The SMILES string of the molecule is N[C@@H](Cc1ccccc1)C(=O)N1CC[C@]2(CCc3ccccc3C(=O)N2)C1. The van der Waals surface area contributed by atoms with Gasteiger partial charge in [-0.25, -0.2) is 0 Å². The molecule has 140 valence electrons. The van der Waals surface area contributed by atoms with Gasteiger partial charge in [-0.15, -0.1) is 0 Å². The van der Waals surface area contributed by atoms with Crippen LogP contribution in [0.1, 0.15) is 34.3 Å². The van der Waals surface area contributed by atoms with E-state index in [0.717, 1.165) is 36.0 Å². The molecular formula is C22H25N3O2. The predicted molar refractivity (Wildman–Crippen MR) is 104 cm³/mol. The Kier molecular flexibility index (Phi) is 4.70. The van der Waals surface area contributed by atoms with Gasteiger partial charge in [-0.2, -0.15) is 0 Å². The van der Waals surface area contributed by atoms with E-state index in [9.17, 15) is 9.59 Å². The number of hydrogen-bond acceptors (Lipinski definition) is 3. The van der Waals surface area contributed by atoms with Crippen LogP contribution in [0.3, 0.4) is 0 Å². The Labute approximate surface area is 159 Å². The molecule has 0 radical (unpaired) electrons. The molecule has 3 N–H and O–H groups in total. The quantitative estimate of drug-likeness (QED) is 0.875. The fourth-order valence-corrected chi connectivity index (χ4v) is 4.26. The number of hydrogen-bond donors (Lipinski definition) is 2. The van der Waals surface area contributed by atoms with E-state index < -0.39 is 6.04 Å². The van der Waals surface area contributed by atoms with Gasteiger partial charge in [0, 0.05) is 18.7 Å². The standard InChI is InChI=1S/C22H25N3O2/c23-19(14-16-6-2-1-3-7-16)21(27)25-13-12-22(15-25)11-10-17-8-4-5-9-18(17)20(26)24-22/h1-9,19H,10-15,23H2,(H,24,26)/t19-,22+/m0/s1. The second-order valence-corrected chi connectivity index (χ2v) is 7.70. The lowest BCUT2D eigenvalue weighted by molar-refractivity contribution is -0.131. The van der Waals surface area contributed by atoms with Gasteiger partial charge in [0.25, 0.3) is 5.91 Å². The number of nitrogens with two attached hydrogens (primary N) is 1. The summed E-state index contributed by atoms with van der Waals surface area (Å²) in [7, 11) is 0. The summed E-state index contributed by atoms with van der Waals surface area (Å²) in [6, 6.07) is 17.0. The zero-order valence-corrected chi connectivity index (χ0v) is 15.4. The van der Waals surface area contributed by atoms with Crippen molar-refractivity contribution in [2.75, 3.05) is 13.1 Å². The first-order valence-corrected chi connectivity index (χ1v) is 9.55. The van der Waals surface area contributed by atoms with Crippen LogP contribution in [0.2, 0.25) is 0 Å². The average Bonchev–Trinajstić information content (AvgIpc) is 3.04. The highest BCUT2D eigenvalue weighted by atomic mass is 16.2. The number of carbonyl (C=O) groups excluding carboxylic acids is 2. The van der Waals surface area contributed by atoms with Gasteiger partial charge in [0.1, 0.15) is 0 Å². The molecule has 1 saturated heterocycles. The molecule has 0 bridgehead atoms. The fraction of sp³-hybridized carbons (Fsp3) is 0.364. The molecule has 0 aromatic heterocycles. The lowest BCUT2D eigenvalue weighted by Crippen LogP contribution is -2.52. The van der Waals surface area contributed by atoms with Crippen molar-refractivity contribution < 1.29 is 9.59 Å². The van der Waals surface area contributed by atoms with Crippen LogP contribution in [-0.2, 0) is 17.6 Å². The molecule has 2 atom stereocenters. The monoisotopic (exact) mass is 363 g/mol. The minimum absolute atomic E-state index is 0.0354. The topological polar surface area (TPSA) is 75.4 Å². The molecule has 1 spiro atoms. The van der Waals surface area contributed by atoms with Crippen LogP contribution in [0.25, 0.3) is 0 Å². The lowest BCUT2D eigenvalue weighted by Gasteiger charge is -2.29. The number of fused-ring (bicyclic) bond motifs is 1. The molecule has 5 nitrogen and oxygen atoms in total. The van der Waals surface area contributed by atoms with Gasteiger partial charge in [-0.3, -0.25) is 9.59 Å². The van der Waals surface area contributed by atoms with E-state index in [1.54, 1.807) is 0 Å². The third kappa shape index (κ3) is 3.60. The van der Waals surface area contributed by atoms with E-state index in [4.69, 9.17) is 5.73 Å². The first kappa shape index (κ1) is 17.7. The molecule has 27 heavy (non-hydrogen) atoms. The molecule has 1 fully saturated rings. The Morgan fingerprint density at radius 1 is 1.11 bits per heavy atom. The van der Waals surface area contributed by atoms with Crippen LogP contribution in [0, 0.1) is 0 Å². The summed E-state index contributed by atoms with van der Waals surface area (Å²) in [6.45, 7) is 1.17. The molecule has 2 aliphatic heterocycles. The third-order valence-electron chi connectivity index (χ3n) is 5.79.